The van der Waals surface area contributed by atoms with Crippen LogP contribution < -0.4 is 19.9 Å². The second-order valence-electron chi connectivity index (χ2n) is 7.44. The van der Waals surface area contributed by atoms with Crippen LogP contribution >= 0.6 is 0 Å². The summed E-state index contributed by atoms with van der Waals surface area (Å²) in [6.07, 6.45) is -0.0383. The number of halogens is 1. The molecule has 2 aromatic carbocycles. The summed E-state index contributed by atoms with van der Waals surface area (Å²) in [5.41, 5.74) is 0.791. The number of benzene rings is 2. The highest BCUT2D eigenvalue weighted by molar-refractivity contribution is 5.99. The molecule has 0 bridgehead atoms. The minimum atomic E-state index is -0.684. The molecule has 7 nitrogen and oxygen atoms in total. The first kappa shape index (κ1) is 21.3. The molecule has 1 aliphatic rings. The van der Waals surface area contributed by atoms with E-state index >= 15 is 0 Å². The van der Waals surface area contributed by atoms with Crippen LogP contribution in [0.25, 0.3) is 0 Å². The molecule has 0 spiro atoms. The topological polar surface area (TPSA) is 79.0 Å². The average molecular weight is 413 g/mol. The number of hydrogen-bond acceptors (Lipinski definition) is 4. The molecule has 1 aliphatic heterocycles. The Bertz CT molecular complexity index is 946. The van der Waals surface area contributed by atoms with Crippen LogP contribution in [0.2, 0.25) is 0 Å². The Labute approximate surface area is 174 Å². The van der Waals surface area contributed by atoms with Crippen molar-refractivity contribution in [3.8, 4) is 5.75 Å². The van der Waals surface area contributed by atoms with Crippen molar-refractivity contribution in [1.29, 1.82) is 0 Å². The number of anilines is 2. The third-order valence-corrected chi connectivity index (χ3v) is 4.76. The number of amides is 3. The maximum absolute atomic E-state index is 14.0. The molecule has 0 aromatic heterocycles. The molecule has 1 saturated heterocycles. The molecule has 1 heterocycles. The summed E-state index contributed by atoms with van der Waals surface area (Å²) in [6.45, 7) is 3.81. The zero-order valence-electron chi connectivity index (χ0n) is 17.1. The first-order valence-corrected chi connectivity index (χ1v) is 9.67. The minimum Gasteiger partial charge on any atom is -0.426 e. The first-order valence-electron chi connectivity index (χ1n) is 9.67. The number of nitrogens with zero attached hydrogens (tertiary/aromatic N) is 2. The number of esters is 1. The molecular weight excluding hydrogens is 389 g/mol. The predicted molar refractivity (Wildman–Crippen MR) is 111 cm³/mol. The van der Waals surface area contributed by atoms with Crippen molar-refractivity contribution in [2.24, 2.45) is 5.92 Å². The molecule has 158 valence electrons. The molecule has 3 amide bonds. The number of urea groups is 1. The van der Waals surface area contributed by atoms with E-state index in [1.54, 1.807) is 43.4 Å². The lowest BCUT2D eigenvalue weighted by Gasteiger charge is -2.20. The van der Waals surface area contributed by atoms with E-state index in [4.69, 9.17) is 4.74 Å². The Morgan fingerprint density at radius 3 is 2.47 bits per heavy atom. The van der Waals surface area contributed by atoms with Crippen molar-refractivity contribution >= 4 is 29.3 Å². The number of nitrogens with one attached hydrogen (secondary N) is 1. The summed E-state index contributed by atoms with van der Waals surface area (Å²) in [5, 5.41) is 2.79. The molecule has 1 atom stereocenters. The number of para-hydroxylation sites is 1. The molecule has 1 unspecified atom stereocenters. The first-order chi connectivity index (χ1) is 14.3. The van der Waals surface area contributed by atoms with Gasteiger partial charge in [-0.05, 0) is 50.2 Å². The summed E-state index contributed by atoms with van der Waals surface area (Å²) >= 11 is 0. The van der Waals surface area contributed by atoms with Gasteiger partial charge in [0.05, 0.1) is 11.6 Å². The normalized spacial score (nSPS) is 16.0. The molecule has 0 aliphatic carbocycles. The fraction of sp³-hybridized carbons (Fsp3) is 0.318. The van der Waals surface area contributed by atoms with E-state index < -0.39 is 17.7 Å². The van der Waals surface area contributed by atoms with Crippen LogP contribution in [0.3, 0.4) is 0 Å². The zero-order chi connectivity index (χ0) is 21.8. The Kier molecular flexibility index (Phi) is 6.34. The van der Waals surface area contributed by atoms with Crippen molar-refractivity contribution in [2.75, 3.05) is 23.4 Å². The van der Waals surface area contributed by atoms with Crippen LogP contribution in [0.15, 0.2) is 48.5 Å². The standard InChI is InChI=1S/C22H24FN3O4/c1-14(2)24-22(29)25(3)16-8-10-17(11-9-16)30-21(28)15-12-20(27)26(13-15)19-7-5-4-6-18(19)23/h4-11,14-15H,12-13H2,1-3H3,(H,24,29). The van der Waals surface area contributed by atoms with E-state index in [1.165, 1.54) is 21.9 Å². The van der Waals surface area contributed by atoms with Crippen molar-refractivity contribution in [2.45, 2.75) is 26.3 Å². The summed E-state index contributed by atoms with van der Waals surface area (Å²) in [7, 11) is 1.64. The van der Waals surface area contributed by atoms with E-state index in [9.17, 15) is 18.8 Å². The van der Waals surface area contributed by atoms with Gasteiger partial charge in [-0.15, -0.1) is 0 Å². The van der Waals surface area contributed by atoms with Gasteiger partial charge in [0.25, 0.3) is 0 Å². The van der Waals surface area contributed by atoms with E-state index in [2.05, 4.69) is 5.32 Å². The maximum atomic E-state index is 14.0. The van der Waals surface area contributed by atoms with Gasteiger partial charge in [-0.1, -0.05) is 12.1 Å². The largest absolute Gasteiger partial charge is 0.426 e. The van der Waals surface area contributed by atoms with E-state index in [1.807, 2.05) is 13.8 Å². The molecule has 3 rings (SSSR count). The molecule has 0 radical (unpaired) electrons. The highest BCUT2D eigenvalue weighted by Gasteiger charge is 2.37. The van der Waals surface area contributed by atoms with Gasteiger partial charge in [0.1, 0.15) is 11.6 Å². The van der Waals surface area contributed by atoms with Gasteiger partial charge < -0.3 is 15.0 Å². The monoisotopic (exact) mass is 413 g/mol. The average Bonchev–Trinajstić information content (AvgIpc) is 3.09. The summed E-state index contributed by atoms with van der Waals surface area (Å²) < 4.78 is 19.4. The third-order valence-electron chi connectivity index (χ3n) is 4.76. The van der Waals surface area contributed by atoms with Crippen LogP contribution in [-0.4, -0.2) is 37.5 Å². The van der Waals surface area contributed by atoms with Gasteiger partial charge in [0, 0.05) is 31.7 Å². The molecule has 1 fully saturated rings. The van der Waals surface area contributed by atoms with Gasteiger partial charge in [0.2, 0.25) is 5.91 Å². The van der Waals surface area contributed by atoms with Gasteiger partial charge in [-0.25, -0.2) is 9.18 Å². The highest BCUT2D eigenvalue weighted by atomic mass is 19.1. The SMILES string of the molecule is CC(C)NC(=O)N(C)c1ccc(OC(=O)C2CC(=O)N(c3ccccc3F)C2)cc1. The van der Waals surface area contributed by atoms with Crippen LogP contribution in [-0.2, 0) is 9.59 Å². The summed E-state index contributed by atoms with van der Waals surface area (Å²) in [6, 6.07) is 12.2. The van der Waals surface area contributed by atoms with Crippen LogP contribution in [0.4, 0.5) is 20.6 Å². The quantitative estimate of drug-likeness (QED) is 0.602. The number of carbonyl (C=O) groups is 3. The number of hydrogen-bond donors (Lipinski definition) is 1. The predicted octanol–water partition coefficient (Wildman–Crippen LogP) is 3.34. The lowest BCUT2D eigenvalue weighted by atomic mass is 10.1. The molecule has 8 heteroatoms. The minimum absolute atomic E-state index is 0.0122. The van der Waals surface area contributed by atoms with Gasteiger partial charge in [0.15, 0.2) is 0 Å². The summed E-state index contributed by atoms with van der Waals surface area (Å²) in [5.74, 6) is -1.77. The fourth-order valence-corrected chi connectivity index (χ4v) is 3.17. The van der Waals surface area contributed by atoms with Crippen molar-refractivity contribution in [3.63, 3.8) is 0 Å². The van der Waals surface area contributed by atoms with Crippen molar-refractivity contribution in [1.82, 2.24) is 5.32 Å². The smallest absolute Gasteiger partial charge is 0.321 e. The lowest BCUT2D eigenvalue weighted by Crippen LogP contribution is -2.40. The fourth-order valence-electron chi connectivity index (χ4n) is 3.17. The van der Waals surface area contributed by atoms with Crippen LogP contribution in [0.5, 0.6) is 5.75 Å². The van der Waals surface area contributed by atoms with Crippen LogP contribution in [0, 0.1) is 11.7 Å². The summed E-state index contributed by atoms with van der Waals surface area (Å²) in [4.78, 5) is 39.5. The van der Waals surface area contributed by atoms with Gasteiger partial charge >= 0.3 is 12.0 Å². The molecule has 1 N–H and O–H groups in total. The Morgan fingerprint density at radius 1 is 1.17 bits per heavy atom. The Balaban J connectivity index is 1.62. The molecule has 30 heavy (non-hydrogen) atoms. The number of rotatable bonds is 5. The van der Waals surface area contributed by atoms with Crippen molar-refractivity contribution < 1.29 is 23.5 Å². The molecule has 2 aromatic rings. The van der Waals surface area contributed by atoms with Crippen molar-refractivity contribution in [3.05, 3.63) is 54.3 Å². The van der Waals surface area contributed by atoms with E-state index in [0.29, 0.717) is 11.4 Å². The highest BCUT2D eigenvalue weighted by Crippen LogP contribution is 2.28. The maximum Gasteiger partial charge on any atom is 0.321 e. The Hall–Kier alpha value is -3.42. The number of ether oxygens (including phenoxy) is 1. The van der Waals surface area contributed by atoms with Gasteiger partial charge in [-0.3, -0.25) is 14.5 Å². The molecule has 0 saturated carbocycles. The Morgan fingerprint density at radius 2 is 1.83 bits per heavy atom. The lowest BCUT2D eigenvalue weighted by molar-refractivity contribution is -0.139. The second kappa shape index (κ2) is 8.94. The third kappa shape index (κ3) is 4.76. The van der Waals surface area contributed by atoms with E-state index in [-0.39, 0.29) is 36.6 Å². The molecular formula is C22H24FN3O4. The van der Waals surface area contributed by atoms with Gasteiger partial charge in [-0.2, -0.15) is 0 Å². The van der Waals surface area contributed by atoms with E-state index in [0.717, 1.165) is 0 Å². The number of carbonyl (C=O) groups excluding carboxylic acids is 3. The zero-order valence-corrected chi connectivity index (χ0v) is 17.1. The second-order valence-corrected chi connectivity index (χ2v) is 7.44. The van der Waals surface area contributed by atoms with Crippen LogP contribution in [0.1, 0.15) is 20.3 Å².